The van der Waals surface area contributed by atoms with Crippen molar-refractivity contribution < 1.29 is 18.0 Å². The van der Waals surface area contributed by atoms with Crippen LogP contribution < -0.4 is 5.32 Å². The van der Waals surface area contributed by atoms with Gasteiger partial charge in [-0.25, -0.2) is 9.67 Å². The van der Waals surface area contributed by atoms with E-state index in [9.17, 15) is 18.0 Å². The highest BCUT2D eigenvalue weighted by molar-refractivity contribution is 5.95. The van der Waals surface area contributed by atoms with Gasteiger partial charge in [0.25, 0.3) is 5.91 Å². The minimum absolute atomic E-state index is 0.0267. The van der Waals surface area contributed by atoms with Crippen LogP contribution in [0.1, 0.15) is 21.6 Å². The van der Waals surface area contributed by atoms with Crippen molar-refractivity contribution in [2.75, 3.05) is 0 Å². The third-order valence-electron chi connectivity index (χ3n) is 3.32. The molecule has 0 unspecified atom stereocenters. The average molecular weight is 347 g/mol. The Morgan fingerprint density at radius 3 is 2.60 bits per heavy atom. The molecule has 3 heterocycles. The Hall–Kier alpha value is -3.23. The van der Waals surface area contributed by atoms with Crippen LogP contribution in [-0.2, 0) is 12.7 Å². The molecule has 0 aliphatic rings. The van der Waals surface area contributed by atoms with Crippen molar-refractivity contribution in [3.8, 4) is 5.82 Å². The summed E-state index contributed by atoms with van der Waals surface area (Å²) in [7, 11) is 0. The number of aromatic nitrogens is 4. The monoisotopic (exact) mass is 347 g/mol. The molecule has 1 amide bonds. The van der Waals surface area contributed by atoms with Crippen molar-refractivity contribution in [3.63, 3.8) is 0 Å². The molecule has 25 heavy (non-hydrogen) atoms. The maximum absolute atomic E-state index is 13.5. The fourth-order valence-electron chi connectivity index (χ4n) is 2.22. The third-order valence-corrected chi connectivity index (χ3v) is 3.32. The molecular weight excluding hydrogens is 335 g/mol. The Morgan fingerprint density at radius 1 is 1.12 bits per heavy atom. The molecule has 0 aliphatic heterocycles. The molecule has 0 bridgehead atoms. The number of pyridine rings is 2. The molecule has 0 saturated carbocycles. The van der Waals surface area contributed by atoms with E-state index in [1.165, 1.54) is 24.5 Å². The van der Waals surface area contributed by atoms with E-state index in [0.717, 1.165) is 6.20 Å². The highest BCUT2D eigenvalue weighted by Gasteiger charge is 2.40. The molecule has 0 radical (unpaired) electrons. The molecular formula is C16H12F3N5O. The Balaban J connectivity index is 1.91. The van der Waals surface area contributed by atoms with Gasteiger partial charge in [-0.3, -0.25) is 9.78 Å². The molecule has 0 aromatic carbocycles. The van der Waals surface area contributed by atoms with Gasteiger partial charge in [0, 0.05) is 25.1 Å². The van der Waals surface area contributed by atoms with E-state index in [1.54, 1.807) is 24.4 Å². The number of carbonyl (C=O) groups excluding carboxylic acids is 1. The van der Waals surface area contributed by atoms with Crippen LogP contribution in [0.5, 0.6) is 0 Å². The van der Waals surface area contributed by atoms with Gasteiger partial charge in [-0.1, -0.05) is 12.1 Å². The summed E-state index contributed by atoms with van der Waals surface area (Å²) < 4.78 is 41.0. The number of nitrogens with one attached hydrogen (secondary N) is 1. The summed E-state index contributed by atoms with van der Waals surface area (Å²) in [6.07, 6.45) is 0.538. The Labute approximate surface area is 140 Å². The molecule has 0 atom stereocenters. The van der Waals surface area contributed by atoms with E-state index in [1.807, 2.05) is 0 Å². The maximum Gasteiger partial charge on any atom is 0.434 e. The predicted molar refractivity (Wildman–Crippen MR) is 81.8 cm³/mol. The quantitative estimate of drug-likeness (QED) is 0.787. The summed E-state index contributed by atoms with van der Waals surface area (Å²) in [5, 5.41) is 6.13. The second kappa shape index (κ2) is 6.71. The average Bonchev–Trinajstić information content (AvgIpc) is 3.07. The van der Waals surface area contributed by atoms with Crippen molar-refractivity contribution >= 4 is 5.91 Å². The second-order valence-electron chi connectivity index (χ2n) is 5.05. The van der Waals surface area contributed by atoms with Crippen molar-refractivity contribution in [3.05, 3.63) is 71.9 Å². The van der Waals surface area contributed by atoms with Gasteiger partial charge in [0.05, 0.1) is 11.8 Å². The number of hydrogen-bond donors (Lipinski definition) is 1. The summed E-state index contributed by atoms with van der Waals surface area (Å²) in [5.41, 5.74) is -1.07. The normalized spacial score (nSPS) is 11.3. The molecule has 128 valence electrons. The number of halogens is 3. The van der Waals surface area contributed by atoms with Gasteiger partial charge in [-0.2, -0.15) is 18.3 Å². The highest BCUT2D eigenvalue weighted by Crippen LogP contribution is 2.33. The molecule has 3 rings (SSSR count). The Bertz CT molecular complexity index is 862. The van der Waals surface area contributed by atoms with Crippen LogP contribution in [-0.4, -0.2) is 25.7 Å². The SMILES string of the molecule is O=C(NCc1cccnc1)c1cnn(-c2ccccn2)c1C(F)(F)F. The molecule has 0 spiro atoms. The van der Waals surface area contributed by atoms with Gasteiger partial charge in [-0.05, 0) is 23.8 Å². The zero-order chi connectivity index (χ0) is 17.9. The first kappa shape index (κ1) is 16.6. The number of alkyl halides is 3. The molecule has 3 aromatic rings. The lowest BCUT2D eigenvalue weighted by molar-refractivity contribution is -0.143. The summed E-state index contributed by atoms with van der Waals surface area (Å²) in [6.45, 7) is 0.0543. The summed E-state index contributed by atoms with van der Waals surface area (Å²) in [6, 6.07) is 7.85. The first-order valence-electron chi connectivity index (χ1n) is 7.20. The second-order valence-corrected chi connectivity index (χ2v) is 5.05. The van der Waals surface area contributed by atoms with Crippen molar-refractivity contribution in [2.24, 2.45) is 0 Å². The number of nitrogens with zero attached hydrogens (tertiary/aromatic N) is 4. The maximum atomic E-state index is 13.5. The topological polar surface area (TPSA) is 72.7 Å². The molecule has 9 heteroatoms. The van der Waals surface area contributed by atoms with Gasteiger partial charge in [0.15, 0.2) is 11.5 Å². The summed E-state index contributed by atoms with van der Waals surface area (Å²) >= 11 is 0. The van der Waals surface area contributed by atoms with E-state index in [0.29, 0.717) is 10.2 Å². The zero-order valence-corrected chi connectivity index (χ0v) is 12.7. The molecule has 0 saturated heterocycles. The number of amides is 1. The van der Waals surface area contributed by atoms with Crippen molar-refractivity contribution in [2.45, 2.75) is 12.7 Å². The standard InChI is InChI=1S/C16H12F3N5O/c17-16(18,19)14-12(10-23-24(14)13-5-1-2-7-21-13)15(25)22-9-11-4-3-6-20-8-11/h1-8,10H,9H2,(H,22,25). The van der Waals surface area contributed by atoms with E-state index >= 15 is 0 Å². The van der Waals surface area contributed by atoms with Crippen LogP contribution in [0.15, 0.2) is 55.1 Å². The first-order chi connectivity index (χ1) is 12.0. The van der Waals surface area contributed by atoms with Gasteiger partial charge < -0.3 is 5.32 Å². The lowest BCUT2D eigenvalue weighted by Crippen LogP contribution is -2.26. The first-order valence-corrected chi connectivity index (χ1v) is 7.20. The van der Waals surface area contributed by atoms with Crippen molar-refractivity contribution in [1.29, 1.82) is 0 Å². The molecule has 1 N–H and O–H groups in total. The van der Waals surface area contributed by atoms with Crippen LogP contribution in [0, 0.1) is 0 Å². The third kappa shape index (κ3) is 3.65. The predicted octanol–water partition coefficient (Wildman–Crippen LogP) is 2.61. The van der Waals surface area contributed by atoms with Gasteiger partial charge in [0.2, 0.25) is 0 Å². The molecule has 0 aliphatic carbocycles. The molecule has 0 fully saturated rings. The number of hydrogen-bond acceptors (Lipinski definition) is 4. The number of rotatable bonds is 4. The van der Waals surface area contributed by atoms with Gasteiger partial charge >= 0.3 is 6.18 Å². The largest absolute Gasteiger partial charge is 0.434 e. The molecule has 3 aromatic heterocycles. The summed E-state index contributed by atoms with van der Waals surface area (Å²) in [4.78, 5) is 20.0. The van der Waals surface area contributed by atoms with Crippen LogP contribution in [0.25, 0.3) is 5.82 Å². The smallest absolute Gasteiger partial charge is 0.348 e. The minimum atomic E-state index is -4.77. The van der Waals surface area contributed by atoms with E-state index < -0.39 is 23.3 Å². The van der Waals surface area contributed by atoms with E-state index in [2.05, 4.69) is 20.4 Å². The molecule has 6 nitrogen and oxygen atoms in total. The van der Waals surface area contributed by atoms with Crippen LogP contribution >= 0.6 is 0 Å². The highest BCUT2D eigenvalue weighted by atomic mass is 19.4. The Kier molecular flexibility index (Phi) is 4.46. The Morgan fingerprint density at radius 2 is 1.96 bits per heavy atom. The van der Waals surface area contributed by atoms with Crippen LogP contribution in [0.4, 0.5) is 13.2 Å². The zero-order valence-electron chi connectivity index (χ0n) is 12.7. The summed E-state index contributed by atoms with van der Waals surface area (Å²) in [5.74, 6) is -0.903. The van der Waals surface area contributed by atoms with Gasteiger partial charge in [-0.15, -0.1) is 0 Å². The van der Waals surface area contributed by atoms with Crippen molar-refractivity contribution in [1.82, 2.24) is 25.1 Å². The lowest BCUT2D eigenvalue weighted by atomic mass is 10.2. The fraction of sp³-hybridized carbons (Fsp3) is 0.125. The lowest BCUT2D eigenvalue weighted by Gasteiger charge is -2.12. The van der Waals surface area contributed by atoms with E-state index in [-0.39, 0.29) is 12.4 Å². The van der Waals surface area contributed by atoms with Crippen LogP contribution in [0.2, 0.25) is 0 Å². The van der Waals surface area contributed by atoms with E-state index in [4.69, 9.17) is 0 Å². The van der Waals surface area contributed by atoms with Gasteiger partial charge in [0.1, 0.15) is 0 Å². The van der Waals surface area contributed by atoms with Crippen LogP contribution in [0.3, 0.4) is 0 Å². The number of carbonyl (C=O) groups is 1. The fourth-order valence-corrected chi connectivity index (χ4v) is 2.22. The minimum Gasteiger partial charge on any atom is -0.348 e.